The molecule has 0 radical (unpaired) electrons. The van der Waals surface area contributed by atoms with Crippen LogP contribution in [0.2, 0.25) is 0 Å². The summed E-state index contributed by atoms with van der Waals surface area (Å²) in [6.45, 7) is 4.86. The zero-order valence-electron chi connectivity index (χ0n) is 12.0. The molecule has 0 fully saturated rings. The molecule has 2 aromatic rings. The van der Waals surface area contributed by atoms with Crippen molar-refractivity contribution in [2.75, 3.05) is 7.05 Å². The molecule has 20 heavy (non-hydrogen) atoms. The smallest absolute Gasteiger partial charge is 0.142 e. The summed E-state index contributed by atoms with van der Waals surface area (Å²) in [6, 6.07) is 8.54. The van der Waals surface area contributed by atoms with E-state index in [9.17, 15) is 4.39 Å². The lowest BCUT2D eigenvalue weighted by Crippen LogP contribution is -2.10. The molecule has 0 amide bonds. The maximum Gasteiger partial charge on any atom is 0.142 e. The Bertz CT molecular complexity index is 599. The first-order valence-corrected chi connectivity index (χ1v) is 6.59. The number of benzene rings is 1. The van der Waals surface area contributed by atoms with Crippen molar-refractivity contribution in [1.82, 2.24) is 10.3 Å². The summed E-state index contributed by atoms with van der Waals surface area (Å²) in [5.74, 6) is 0.486. The van der Waals surface area contributed by atoms with Gasteiger partial charge in [-0.15, -0.1) is 0 Å². The highest BCUT2D eigenvalue weighted by molar-refractivity contribution is 5.31. The van der Waals surface area contributed by atoms with Gasteiger partial charge in [-0.1, -0.05) is 6.07 Å². The fourth-order valence-electron chi connectivity index (χ4n) is 1.97. The molecule has 0 unspecified atom stereocenters. The molecule has 3 nitrogen and oxygen atoms in total. The third-order valence-corrected chi connectivity index (χ3v) is 3.11. The number of ether oxygens (including phenoxy) is 1. The first-order valence-electron chi connectivity index (χ1n) is 6.59. The summed E-state index contributed by atoms with van der Waals surface area (Å²) >= 11 is 0. The average molecular weight is 274 g/mol. The van der Waals surface area contributed by atoms with Crippen molar-refractivity contribution in [1.29, 1.82) is 0 Å². The molecule has 0 aliphatic carbocycles. The molecular formula is C16H19FN2O. The van der Waals surface area contributed by atoms with E-state index in [1.165, 1.54) is 12.1 Å². The quantitative estimate of drug-likeness (QED) is 0.909. The summed E-state index contributed by atoms with van der Waals surface area (Å²) in [6.07, 6.45) is 0. The van der Waals surface area contributed by atoms with Gasteiger partial charge in [0.25, 0.3) is 0 Å². The van der Waals surface area contributed by atoms with Gasteiger partial charge >= 0.3 is 0 Å². The fourth-order valence-corrected chi connectivity index (χ4v) is 1.97. The van der Waals surface area contributed by atoms with Gasteiger partial charge in [0.2, 0.25) is 0 Å². The Morgan fingerprint density at radius 2 is 2.00 bits per heavy atom. The van der Waals surface area contributed by atoms with Gasteiger partial charge in [-0.2, -0.15) is 0 Å². The van der Waals surface area contributed by atoms with Crippen LogP contribution in [-0.2, 0) is 13.2 Å². The Kier molecular flexibility index (Phi) is 4.69. The number of rotatable bonds is 5. The molecule has 1 heterocycles. The highest BCUT2D eigenvalue weighted by Gasteiger charge is 2.07. The average Bonchev–Trinajstić information content (AvgIpc) is 2.42. The molecule has 4 heteroatoms. The molecule has 0 atom stereocenters. The molecule has 0 bridgehead atoms. The predicted octanol–water partition coefficient (Wildman–Crippen LogP) is 3.14. The molecule has 0 spiro atoms. The molecule has 2 rings (SSSR count). The Morgan fingerprint density at radius 1 is 1.20 bits per heavy atom. The Hall–Kier alpha value is -1.94. The van der Waals surface area contributed by atoms with E-state index in [0.717, 1.165) is 28.3 Å². The van der Waals surface area contributed by atoms with E-state index in [1.807, 2.05) is 33.0 Å². The lowest BCUT2D eigenvalue weighted by Gasteiger charge is -2.12. The number of aromatic nitrogens is 1. The third-order valence-electron chi connectivity index (χ3n) is 3.11. The van der Waals surface area contributed by atoms with Crippen LogP contribution in [0.5, 0.6) is 5.75 Å². The van der Waals surface area contributed by atoms with E-state index in [1.54, 1.807) is 6.07 Å². The zero-order valence-corrected chi connectivity index (χ0v) is 12.0. The second kappa shape index (κ2) is 6.48. The molecule has 0 saturated heterocycles. The van der Waals surface area contributed by atoms with Crippen molar-refractivity contribution in [3.8, 4) is 5.75 Å². The van der Waals surface area contributed by atoms with Crippen LogP contribution in [0.4, 0.5) is 4.39 Å². The van der Waals surface area contributed by atoms with E-state index in [2.05, 4.69) is 10.3 Å². The summed E-state index contributed by atoms with van der Waals surface area (Å²) < 4.78 is 19.0. The number of halogens is 1. The van der Waals surface area contributed by atoms with E-state index in [0.29, 0.717) is 13.2 Å². The van der Waals surface area contributed by atoms with E-state index < -0.39 is 0 Å². The second-order valence-corrected chi connectivity index (χ2v) is 4.79. The third kappa shape index (κ3) is 3.54. The number of hydrogen-bond acceptors (Lipinski definition) is 3. The molecular weight excluding hydrogens is 255 g/mol. The normalized spacial score (nSPS) is 10.6. The van der Waals surface area contributed by atoms with Gasteiger partial charge in [-0.25, -0.2) is 4.39 Å². The topological polar surface area (TPSA) is 34.2 Å². The van der Waals surface area contributed by atoms with E-state index >= 15 is 0 Å². The first kappa shape index (κ1) is 14.5. The number of nitrogens with zero attached hydrogens (tertiary/aromatic N) is 1. The van der Waals surface area contributed by atoms with E-state index in [-0.39, 0.29) is 5.82 Å². The Morgan fingerprint density at radius 3 is 2.75 bits per heavy atom. The van der Waals surface area contributed by atoms with Crippen molar-refractivity contribution in [2.24, 2.45) is 0 Å². The summed E-state index contributed by atoms with van der Waals surface area (Å²) in [5, 5.41) is 3.07. The van der Waals surface area contributed by atoms with Gasteiger partial charge in [0, 0.05) is 12.2 Å². The van der Waals surface area contributed by atoms with Crippen LogP contribution in [0.1, 0.15) is 22.5 Å². The second-order valence-electron chi connectivity index (χ2n) is 4.79. The van der Waals surface area contributed by atoms with Crippen LogP contribution in [0.25, 0.3) is 0 Å². The monoisotopic (exact) mass is 274 g/mol. The minimum absolute atomic E-state index is 0.244. The molecule has 0 aliphatic rings. The number of pyridine rings is 1. The Labute approximate surface area is 118 Å². The lowest BCUT2D eigenvalue weighted by atomic mass is 10.1. The highest BCUT2D eigenvalue weighted by atomic mass is 19.1. The minimum atomic E-state index is -0.244. The summed E-state index contributed by atoms with van der Waals surface area (Å²) in [7, 11) is 1.87. The van der Waals surface area contributed by atoms with Gasteiger partial charge in [0.15, 0.2) is 0 Å². The van der Waals surface area contributed by atoms with Gasteiger partial charge in [-0.3, -0.25) is 4.98 Å². The molecule has 0 aliphatic heterocycles. The van der Waals surface area contributed by atoms with Crippen LogP contribution in [0.15, 0.2) is 30.3 Å². The van der Waals surface area contributed by atoms with Crippen LogP contribution in [0.3, 0.4) is 0 Å². The van der Waals surface area contributed by atoms with Gasteiger partial charge in [-0.05, 0) is 56.3 Å². The lowest BCUT2D eigenvalue weighted by molar-refractivity contribution is 0.299. The van der Waals surface area contributed by atoms with Crippen molar-refractivity contribution >= 4 is 0 Å². The van der Waals surface area contributed by atoms with Crippen LogP contribution in [0, 0.1) is 19.7 Å². The number of hydrogen-bond donors (Lipinski definition) is 1. The molecule has 0 saturated carbocycles. The van der Waals surface area contributed by atoms with Gasteiger partial charge in [0.1, 0.15) is 18.2 Å². The first-order chi connectivity index (χ1) is 9.60. The number of aryl methyl sites for hydroxylation is 2. The van der Waals surface area contributed by atoms with Crippen molar-refractivity contribution in [3.05, 3.63) is 58.7 Å². The minimum Gasteiger partial charge on any atom is -0.487 e. The molecule has 1 N–H and O–H groups in total. The maximum absolute atomic E-state index is 13.2. The standard InChI is InChI=1S/C16H19FN2O/c1-11-4-6-14(17)8-13(11)10-20-16-7-5-12(2)19-15(16)9-18-3/h4-8,18H,9-10H2,1-3H3. The SMILES string of the molecule is CNCc1nc(C)ccc1OCc1cc(F)ccc1C. The van der Waals surface area contributed by atoms with Crippen molar-refractivity contribution < 1.29 is 9.13 Å². The van der Waals surface area contributed by atoms with E-state index in [4.69, 9.17) is 4.74 Å². The number of nitrogens with one attached hydrogen (secondary N) is 1. The van der Waals surface area contributed by atoms with Crippen LogP contribution in [-0.4, -0.2) is 12.0 Å². The van der Waals surface area contributed by atoms with Crippen molar-refractivity contribution in [2.45, 2.75) is 27.0 Å². The fraction of sp³-hybridized carbons (Fsp3) is 0.312. The molecule has 106 valence electrons. The van der Waals surface area contributed by atoms with Crippen molar-refractivity contribution in [3.63, 3.8) is 0 Å². The maximum atomic E-state index is 13.2. The largest absolute Gasteiger partial charge is 0.487 e. The highest BCUT2D eigenvalue weighted by Crippen LogP contribution is 2.19. The zero-order chi connectivity index (χ0) is 14.5. The van der Waals surface area contributed by atoms with Crippen LogP contribution >= 0.6 is 0 Å². The van der Waals surface area contributed by atoms with Crippen LogP contribution < -0.4 is 10.1 Å². The molecule has 1 aromatic carbocycles. The molecule has 1 aromatic heterocycles. The predicted molar refractivity (Wildman–Crippen MR) is 77.2 cm³/mol. The summed E-state index contributed by atoms with van der Waals surface area (Å²) in [5.41, 5.74) is 3.67. The van der Waals surface area contributed by atoms with Gasteiger partial charge < -0.3 is 10.1 Å². The summed E-state index contributed by atoms with van der Waals surface area (Å²) in [4.78, 5) is 4.45. The Balaban J connectivity index is 2.16. The van der Waals surface area contributed by atoms with Gasteiger partial charge in [0.05, 0.1) is 5.69 Å².